The topological polar surface area (TPSA) is 26.0 Å². The van der Waals surface area contributed by atoms with Crippen molar-refractivity contribution in [2.75, 3.05) is 0 Å². The summed E-state index contributed by atoms with van der Waals surface area (Å²) in [5, 5.41) is 0. The molecular weight excluding hydrogens is 208 g/mol. The lowest BCUT2D eigenvalue weighted by Crippen LogP contribution is -2.22. The maximum Gasteiger partial charge on any atom is 0.158 e. The highest BCUT2D eigenvalue weighted by molar-refractivity contribution is 5.34. The molecular formula is C13H17F2N. The predicted molar refractivity (Wildman–Crippen MR) is 60.6 cm³/mol. The zero-order valence-corrected chi connectivity index (χ0v) is 9.63. The average Bonchev–Trinajstić information content (AvgIpc) is 2.96. The van der Waals surface area contributed by atoms with Gasteiger partial charge in [-0.15, -0.1) is 0 Å². The third-order valence-electron chi connectivity index (χ3n) is 3.15. The number of alkyl halides is 2. The molecule has 0 unspecified atom stereocenters. The number of hydrogen-bond donors (Lipinski definition) is 1. The molecule has 0 saturated heterocycles. The molecule has 0 amide bonds. The Labute approximate surface area is 94.7 Å². The lowest BCUT2D eigenvalue weighted by atomic mass is 9.94. The molecule has 16 heavy (non-hydrogen) atoms. The van der Waals surface area contributed by atoms with Gasteiger partial charge in [-0.1, -0.05) is 24.3 Å². The summed E-state index contributed by atoms with van der Waals surface area (Å²) < 4.78 is 27.3. The summed E-state index contributed by atoms with van der Waals surface area (Å²) in [5.41, 5.74) is 5.17. The minimum absolute atomic E-state index is 0.295. The summed E-state index contributed by atoms with van der Waals surface area (Å²) in [6.07, 6.45) is 0.244. The van der Waals surface area contributed by atoms with Crippen molar-refractivity contribution in [3.05, 3.63) is 35.4 Å². The summed E-state index contributed by atoms with van der Waals surface area (Å²) in [4.78, 5) is 0. The Kier molecular flexibility index (Phi) is 2.54. The first kappa shape index (κ1) is 11.5. The van der Waals surface area contributed by atoms with Crippen molar-refractivity contribution in [3.63, 3.8) is 0 Å². The number of hydrogen-bond acceptors (Lipinski definition) is 1. The number of halogens is 2. The van der Waals surface area contributed by atoms with Crippen LogP contribution >= 0.6 is 0 Å². The first-order chi connectivity index (χ1) is 7.33. The van der Waals surface area contributed by atoms with Gasteiger partial charge in [0.2, 0.25) is 0 Å². The second-order valence-corrected chi connectivity index (χ2v) is 5.21. The van der Waals surface area contributed by atoms with Crippen molar-refractivity contribution < 1.29 is 8.78 Å². The summed E-state index contributed by atoms with van der Waals surface area (Å²) in [5.74, 6) is 0. The van der Waals surface area contributed by atoms with Crippen LogP contribution in [-0.4, -0.2) is 5.67 Å². The SMILES string of the molecule is CC(C)(F)[C@H](F)c1cccc(C2(N)CC2)c1. The first-order valence-electron chi connectivity index (χ1n) is 5.55. The van der Waals surface area contributed by atoms with Crippen LogP contribution in [0.25, 0.3) is 0 Å². The van der Waals surface area contributed by atoms with Crippen LogP contribution in [0.5, 0.6) is 0 Å². The standard InChI is InChI=1S/C13H17F2N/c1-12(2,15)11(14)9-4-3-5-10(8-9)13(16)6-7-13/h3-5,8,11H,6-7,16H2,1-2H3/t11-/m1/s1. The van der Waals surface area contributed by atoms with Gasteiger partial charge in [0.05, 0.1) is 0 Å². The van der Waals surface area contributed by atoms with E-state index in [1.807, 2.05) is 6.07 Å². The van der Waals surface area contributed by atoms with Crippen molar-refractivity contribution in [1.82, 2.24) is 0 Å². The van der Waals surface area contributed by atoms with Crippen LogP contribution in [0.4, 0.5) is 8.78 Å². The molecule has 1 fully saturated rings. The molecule has 0 spiro atoms. The number of benzene rings is 1. The van der Waals surface area contributed by atoms with Crippen LogP contribution in [-0.2, 0) is 5.54 Å². The summed E-state index contributed by atoms with van der Waals surface area (Å²) in [7, 11) is 0. The van der Waals surface area contributed by atoms with E-state index < -0.39 is 11.8 Å². The minimum Gasteiger partial charge on any atom is -0.321 e. The Balaban J connectivity index is 2.29. The van der Waals surface area contributed by atoms with E-state index in [9.17, 15) is 8.78 Å². The molecule has 0 heterocycles. The lowest BCUT2D eigenvalue weighted by Gasteiger charge is -2.21. The molecule has 1 atom stereocenters. The minimum atomic E-state index is -1.86. The molecule has 0 bridgehead atoms. The molecule has 0 aromatic heterocycles. The number of nitrogens with two attached hydrogens (primary N) is 1. The van der Waals surface area contributed by atoms with Gasteiger partial charge in [-0.25, -0.2) is 8.78 Å². The predicted octanol–water partition coefficient (Wildman–Crippen LogP) is 3.39. The molecule has 2 N–H and O–H groups in total. The van der Waals surface area contributed by atoms with Crippen LogP contribution in [0, 0.1) is 0 Å². The van der Waals surface area contributed by atoms with Crippen molar-refractivity contribution in [2.24, 2.45) is 5.73 Å². The van der Waals surface area contributed by atoms with Crippen LogP contribution in [0.15, 0.2) is 24.3 Å². The van der Waals surface area contributed by atoms with Crippen LogP contribution in [0.3, 0.4) is 0 Å². The normalized spacial score (nSPS) is 20.6. The van der Waals surface area contributed by atoms with E-state index in [1.165, 1.54) is 13.8 Å². The van der Waals surface area contributed by atoms with Crippen molar-refractivity contribution >= 4 is 0 Å². The van der Waals surface area contributed by atoms with E-state index in [-0.39, 0.29) is 5.54 Å². The molecule has 2 rings (SSSR count). The molecule has 1 aromatic carbocycles. The maximum atomic E-state index is 13.8. The van der Waals surface area contributed by atoms with E-state index in [0.717, 1.165) is 18.4 Å². The Morgan fingerprint density at radius 2 is 2.00 bits per heavy atom. The van der Waals surface area contributed by atoms with E-state index >= 15 is 0 Å². The Bertz CT molecular complexity index is 391. The van der Waals surface area contributed by atoms with Crippen LogP contribution < -0.4 is 5.73 Å². The maximum absolute atomic E-state index is 13.8. The number of rotatable bonds is 3. The zero-order chi connectivity index (χ0) is 12.0. The largest absolute Gasteiger partial charge is 0.321 e. The van der Waals surface area contributed by atoms with E-state index in [0.29, 0.717) is 5.56 Å². The van der Waals surface area contributed by atoms with Gasteiger partial charge in [0.1, 0.15) is 5.67 Å². The fourth-order valence-electron chi connectivity index (χ4n) is 1.83. The Morgan fingerprint density at radius 3 is 2.50 bits per heavy atom. The lowest BCUT2D eigenvalue weighted by molar-refractivity contribution is 0.0852. The molecule has 0 aliphatic heterocycles. The molecule has 1 aliphatic rings. The third-order valence-corrected chi connectivity index (χ3v) is 3.15. The highest BCUT2D eigenvalue weighted by atomic mass is 19.2. The van der Waals surface area contributed by atoms with E-state index in [1.54, 1.807) is 18.2 Å². The molecule has 1 nitrogen and oxygen atoms in total. The molecule has 0 radical (unpaired) electrons. The quantitative estimate of drug-likeness (QED) is 0.838. The molecule has 3 heteroatoms. The van der Waals surface area contributed by atoms with Gasteiger partial charge in [0.15, 0.2) is 6.17 Å². The van der Waals surface area contributed by atoms with Gasteiger partial charge in [-0.2, -0.15) is 0 Å². The first-order valence-corrected chi connectivity index (χ1v) is 5.55. The molecule has 1 saturated carbocycles. The molecule has 1 aromatic rings. The Morgan fingerprint density at radius 1 is 1.38 bits per heavy atom. The fourth-order valence-corrected chi connectivity index (χ4v) is 1.83. The van der Waals surface area contributed by atoms with Gasteiger partial charge in [0, 0.05) is 5.54 Å². The smallest absolute Gasteiger partial charge is 0.158 e. The van der Waals surface area contributed by atoms with Gasteiger partial charge in [-0.05, 0) is 37.8 Å². The van der Waals surface area contributed by atoms with Crippen LogP contribution in [0.1, 0.15) is 44.0 Å². The average molecular weight is 225 g/mol. The monoisotopic (exact) mass is 225 g/mol. The Hall–Kier alpha value is -0.960. The van der Waals surface area contributed by atoms with Gasteiger partial charge in [0.25, 0.3) is 0 Å². The van der Waals surface area contributed by atoms with Crippen molar-refractivity contribution in [3.8, 4) is 0 Å². The van der Waals surface area contributed by atoms with Crippen molar-refractivity contribution in [2.45, 2.75) is 44.1 Å². The van der Waals surface area contributed by atoms with Gasteiger partial charge < -0.3 is 5.73 Å². The summed E-state index contributed by atoms with van der Waals surface area (Å²) >= 11 is 0. The van der Waals surface area contributed by atoms with Gasteiger partial charge >= 0.3 is 0 Å². The highest BCUT2D eigenvalue weighted by Crippen LogP contribution is 2.44. The molecule has 1 aliphatic carbocycles. The van der Waals surface area contributed by atoms with E-state index in [4.69, 9.17) is 5.73 Å². The van der Waals surface area contributed by atoms with Crippen molar-refractivity contribution in [1.29, 1.82) is 0 Å². The van der Waals surface area contributed by atoms with E-state index in [2.05, 4.69) is 0 Å². The molecule has 88 valence electrons. The second kappa shape index (κ2) is 3.52. The second-order valence-electron chi connectivity index (χ2n) is 5.21. The zero-order valence-electron chi connectivity index (χ0n) is 9.63. The summed E-state index contributed by atoms with van der Waals surface area (Å²) in [6.45, 7) is 2.50. The van der Waals surface area contributed by atoms with Gasteiger partial charge in [-0.3, -0.25) is 0 Å². The third kappa shape index (κ3) is 2.09. The van der Waals surface area contributed by atoms with Crippen LogP contribution in [0.2, 0.25) is 0 Å². The fraction of sp³-hybridized carbons (Fsp3) is 0.538. The summed E-state index contributed by atoms with van der Waals surface area (Å²) in [6, 6.07) is 6.94. The highest BCUT2D eigenvalue weighted by Gasteiger charge is 2.40.